The minimum Gasteiger partial charge on any atom is -0.464 e. The number of methoxy groups -OCH3 is 1. The number of nitrogens with two attached hydrogens (primary N) is 1. The first kappa shape index (κ1) is 14.7. The van der Waals surface area contributed by atoms with E-state index in [1.807, 2.05) is 44.2 Å². The Labute approximate surface area is 108 Å². The predicted molar refractivity (Wildman–Crippen MR) is 70.0 cm³/mol. The molecule has 4 heteroatoms. The van der Waals surface area contributed by atoms with Crippen LogP contribution >= 0.6 is 0 Å². The lowest BCUT2D eigenvalue weighted by Gasteiger charge is -2.22. The first-order valence-corrected chi connectivity index (χ1v) is 5.98. The molecule has 1 aromatic rings. The van der Waals surface area contributed by atoms with Gasteiger partial charge in [0.2, 0.25) is 0 Å². The summed E-state index contributed by atoms with van der Waals surface area (Å²) in [6.45, 7) is 4.19. The van der Waals surface area contributed by atoms with Crippen LogP contribution in [0.15, 0.2) is 30.3 Å². The maximum atomic E-state index is 11.7. The van der Waals surface area contributed by atoms with Gasteiger partial charge in [-0.25, -0.2) is 4.79 Å². The SMILES string of the molecule is COC(C)(C)CCOC(=O)[C@@H](N)c1ccccc1. The van der Waals surface area contributed by atoms with Crippen molar-refractivity contribution < 1.29 is 14.3 Å². The minimum atomic E-state index is -0.725. The van der Waals surface area contributed by atoms with Crippen LogP contribution in [0.5, 0.6) is 0 Å². The zero-order valence-electron chi connectivity index (χ0n) is 11.2. The van der Waals surface area contributed by atoms with Crippen molar-refractivity contribution in [1.29, 1.82) is 0 Å². The lowest BCUT2D eigenvalue weighted by molar-refractivity contribution is -0.146. The molecular weight excluding hydrogens is 230 g/mol. The molecule has 0 amide bonds. The highest BCUT2D eigenvalue weighted by atomic mass is 16.5. The Morgan fingerprint density at radius 1 is 1.33 bits per heavy atom. The Balaban J connectivity index is 2.42. The maximum absolute atomic E-state index is 11.7. The second-order valence-electron chi connectivity index (χ2n) is 4.77. The number of carbonyl (C=O) groups is 1. The van der Waals surface area contributed by atoms with Gasteiger partial charge < -0.3 is 15.2 Å². The molecule has 1 rings (SSSR count). The standard InChI is InChI=1S/C14H21NO3/c1-14(2,17-3)9-10-18-13(16)12(15)11-7-5-4-6-8-11/h4-8,12H,9-10,15H2,1-3H3/t12-/m0/s1. The molecule has 0 aliphatic rings. The van der Waals surface area contributed by atoms with Gasteiger partial charge in [0.15, 0.2) is 0 Å². The molecule has 4 nitrogen and oxygen atoms in total. The molecule has 0 heterocycles. The fraction of sp³-hybridized carbons (Fsp3) is 0.500. The summed E-state index contributed by atoms with van der Waals surface area (Å²) < 4.78 is 10.4. The van der Waals surface area contributed by atoms with Gasteiger partial charge in [-0.15, -0.1) is 0 Å². The van der Waals surface area contributed by atoms with Crippen molar-refractivity contribution in [2.75, 3.05) is 13.7 Å². The van der Waals surface area contributed by atoms with Crippen LogP contribution in [-0.4, -0.2) is 25.3 Å². The van der Waals surface area contributed by atoms with E-state index in [1.54, 1.807) is 7.11 Å². The van der Waals surface area contributed by atoms with E-state index in [4.69, 9.17) is 15.2 Å². The van der Waals surface area contributed by atoms with Crippen LogP contribution in [0.3, 0.4) is 0 Å². The molecular formula is C14H21NO3. The summed E-state index contributed by atoms with van der Waals surface area (Å²) in [6.07, 6.45) is 0.636. The molecule has 0 spiro atoms. The van der Waals surface area contributed by atoms with E-state index in [1.165, 1.54) is 0 Å². The molecule has 18 heavy (non-hydrogen) atoms. The molecule has 100 valence electrons. The van der Waals surface area contributed by atoms with Crippen molar-refractivity contribution in [3.8, 4) is 0 Å². The molecule has 0 bridgehead atoms. The molecule has 0 saturated carbocycles. The Bertz CT molecular complexity index is 376. The topological polar surface area (TPSA) is 61.5 Å². The third-order valence-electron chi connectivity index (χ3n) is 2.91. The Kier molecular flexibility index (Phi) is 5.31. The van der Waals surface area contributed by atoms with Crippen molar-refractivity contribution in [3.63, 3.8) is 0 Å². The van der Waals surface area contributed by atoms with Crippen molar-refractivity contribution in [3.05, 3.63) is 35.9 Å². The molecule has 0 radical (unpaired) electrons. The molecule has 0 aliphatic carbocycles. The highest BCUT2D eigenvalue weighted by Gasteiger charge is 2.20. The van der Waals surface area contributed by atoms with Gasteiger partial charge in [-0.3, -0.25) is 0 Å². The van der Waals surface area contributed by atoms with E-state index in [9.17, 15) is 4.79 Å². The molecule has 0 aliphatic heterocycles. The van der Waals surface area contributed by atoms with Crippen molar-refractivity contribution in [1.82, 2.24) is 0 Å². The van der Waals surface area contributed by atoms with Crippen LogP contribution in [0, 0.1) is 0 Å². The highest BCUT2D eigenvalue weighted by Crippen LogP contribution is 2.15. The quantitative estimate of drug-likeness (QED) is 0.786. The van der Waals surface area contributed by atoms with E-state index in [0.717, 1.165) is 5.56 Å². The second kappa shape index (κ2) is 6.52. The van der Waals surface area contributed by atoms with Crippen LogP contribution in [0.4, 0.5) is 0 Å². The van der Waals surface area contributed by atoms with Gasteiger partial charge in [-0.05, 0) is 19.4 Å². The molecule has 0 aromatic heterocycles. The number of hydrogen-bond acceptors (Lipinski definition) is 4. The molecule has 0 fully saturated rings. The predicted octanol–water partition coefficient (Wildman–Crippen LogP) is 2.04. The fourth-order valence-corrected chi connectivity index (χ4v) is 1.39. The Morgan fingerprint density at radius 2 is 1.94 bits per heavy atom. The monoisotopic (exact) mass is 251 g/mol. The van der Waals surface area contributed by atoms with Gasteiger partial charge in [0, 0.05) is 13.5 Å². The van der Waals surface area contributed by atoms with Gasteiger partial charge in [0.1, 0.15) is 6.04 Å². The van der Waals surface area contributed by atoms with Gasteiger partial charge in [-0.2, -0.15) is 0 Å². The van der Waals surface area contributed by atoms with Crippen LogP contribution in [0.25, 0.3) is 0 Å². The summed E-state index contributed by atoms with van der Waals surface area (Å²) in [6, 6.07) is 8.46. The molecule has 1 atom stereocenters. The van der Waals surface area contributed by atoms with Gasteiger partial charge in [-0.1, -0.05) is 30.3 Å². The second-order valence-corrected chi connectivity index (χ2v) is 4.77. The maximum Gasteiger partial charge on any atom is 0.327 e. The van der Waals surface area contributed by atoms with Crippen molar-refractivity contribution >= 4 is 5.97 Å². The van der Waals surface area contributed by atoms with Gasteiger partial charge >= 0.3 is 5.97 Å². The third kappa shape index (κ3) is 4.47. The largest absolute Gasteiger partial charge is 0.464 e. The summed E-state index contributed by atoms with van der Waals surface area (Å²) in [4.78, 5) is 11.7. The Hall–Kier alpha value is -1.39. The lowest BCUT2D eigenvalue weighted by Crippen LogP contribution is -2.28. The number of hydrogen-bond donors (Lipinski definition) is 1. The van der Waals surface area contributed by atoms with Crippen LogP contribution < -0.4 is 5.73 Å². The zero-order chi connectivity index (χ0) is 13.6. The summed E-state index contributed by atoms with van der Waals surface area (Å²) in [5, 5.41) is 0. The van der Waals surface area contributed by atoms with Crippen LogP contribution in [0.2, 0.25) is 0 Å². The lowest BCUT2D eigenvalue weighted by atomic mass is 10.1. The fourth-order valence-electron chi connectivity index (χ4n) is 1.39. The van der Waals surface area contributed by atoms with E-state index < -0.39 is 12.0 Å². The number of esters is 1. The normalized spacial score (nSPS) is 13.1. The number of carbonyl (C=O) groups excluding carboxylic acids is 1. The Morgan fingerprint density at radius 3 is 2.50 bits per heavy atom. The molecule has 0 unspecified atom stereocenters. The summed E-state index contributed by atoms with van der Waals surface area (Å²) in [5.74, 6) is -0.409. The van der Waals surface area contributed by atoms with Gasteiger partial charge in [0.25, 0.3) is 0 Å². The van der Waals surface area contributed by atoms with E-state index in [0.29, 0.717) is 13.0 Å². The van der Waals surface area contributed by atoms with E-state index in [-0.39, 0.29) is 5.60 Å². The summed E-state index contributed by atoms with van der Waals surface area (Å²) in [5.41, 5.74) is 6.28. The molecule has 0 saturated heterocycles. The third-order valence-corrected chi connectivity index (χ3v) is 2.91. The molecule has 2 N–H and O–H groups in total. The smallest absolute Gasteiger partial charge is 0.327 e. The first-order chi connectivity index (χ1) is 8.46. The number of rotatable bonds is 6. The van der Waals surface area contributed by atoms with Gasteiger partial charge in [0.05, 0.1) is 12.2 Å². The average Bonchev–Trinajstić information content (AvgIpc) is 2.38. The van der Waals surface area contributed by atoms with E-state index in [2.05, 4.69) is 0 Å². The zero-order valence-corrected chi connectivity index (χ0v) is 11.2. The average molecular weight is 251 g/mol. The number of benzene rings is 1. The van der Waals surface area contributed by atoms with E-state index >= 15 is 0 Å². The van der Waals surface area contributed by atoms with Crippen molar-refractivity contribution in [2.24, 2.45) is 5.73 Å². The summed E-state index contributed by atoms with van der Waals surface area (Å²) in [7, 11) is 1.64. The highest BCUT2D eigenvalue weighted by molar-refractivity contribution is 5.77. The van der Waals surface area contributed by atoms with Crippen LogP contribution in [-0.2, 0) is 14.3 Å². The summed E-state index contributed by atoms with van der Waals surface area (Å²) >= 11 is 0. The van der Waals surface area contributed by atoms with Crippen molar-refractivity contribution in [2.45, 2.75) is 31.9 Å². The minimum absolute atomic E-state index is 0.295. The first-order valence-electron chi connectivity index (χ1n) is 5.98. The molecule has 1 aromatic carbocycles. The van der Waals surface area contributed by atoms with Crippen LogP contribution in [0.1, 0.15) is 31.9 Å². The number of ether oxygens (including phenoxy) is 2.